The van der Waals surface area contributed by atoms with Crippen LogP contribution in [0.25, 0.3) is 0 Å². The number of alkyl halides is 3. The van der Waals surface area contributed by atoms with Crippen molar-refractivity contribution in [3.63, 3.8) is 0 Å². The third-order valence-electron chi connectivity index (χ3n) is 4.46. The van der Waals surface area contributed by atoms with Crippen LogP contribution in [0.4, 0.5) is 0 Å². The first-order valence-corrected chi connectivity index (χ1v) is 9.30. The zero-order chi connectivity index (χ0) is 8.28. The van der Waals surface area contributed by atoms with Gasteiger partial charge in [0.25, 0.3) is 0 Å². The van der Waals surface area contributed by atoms with E-state index in [-0.39, 0.29) is 0 Å². The number of hydrogen-bond donors (Lipinski definition) is 0. The minimum atomic E-state index is -0.524. The fourth-order valence-corrected chi connectivity index (χ4v) is 11.0. The predicted octanol–water partition coefficient (Wildman–Crippen LogP) is 3.33. The van der Waals surface area contributed by atoms with Gasteiger partial charge in [-0.2, -0.15) is 0 Å². The Morgan fingerprint density at radius 2 is 1.91 bits per heavy atom. The number of halogens is 1. The van der Waals surface area contributed by atoms with Gasteiger partial charge < -0.3 is 0 Å². The van der Waals surface area contributed by atoms with Crippen LogP contribution in [0, 0.1) is 11.3 Å². The summed E-state index contributed by atoms with van der Waals surface area (Å²) in [5.41, 5.74) is 0.701. The monoisotopic (exact) mass is 266 g/mol. The van der Waals surface area contributed by atoms with Crippen molar-refractivity contribution in [2.45, 2.75) is 37.0 Å². The second-order valence-electron chi connectivity index (χ2n) is 4.90. The maximum absolute atomic E-state index is 2.60. The number of rotatable bonds is 0. The van der Waals surface area contributed by atoms with Crippen molar-refractivity contribution in [2.75, 3.05) is 9.36 Å². The van der Waals surface area contributed by atoms with Crippen LogP contribution in [0.1, 0.15) is 33.6 Å². The van der Waals surface area contributed by atoms with Crippen LogP contribution < -0.4 is 0 Å². The van der Waals surface area contributed by atoms with Gasteiger partial charge in [-0.05, 0) is 0 Å². The fraction of sp³-hybridized carbons (Fsp3) is 1.00. The summed E-state index contributed by atoms with van der Waals surface area (Å²) in [6, 6.07) is 0. The van der Waals surface area contributed by atoms with Crippen molar-refractivity contribution in [1.82, 2.24) is 0 Å². The van der Waals surface area contributed by atoms with Crippen molar-refractivity contribution >= 4 is 19.8 Å². The van der Waals surface area contributed by atoms with Crippen LogP contribution in [0.15, 0.2) is 0 Å². The van der Waals surface area contributed by atoms with E-state index in [0.717, 1.165) is 9.34 Å². The van der Waals surface area contributed by atoms with Gasteiger partial charge in [0.05, 0.1) is 0 Å². The molecule has 2 bridgehead atoms. The Hall–Kier alpha value is 0.730. The summed E-state index contributed by atoms with van der Waals surface area (Å²) in [4.78, 5) is 2.60. The van der Waals surface area contributed by atoms with E-state index in [1.165, 1.54) is 6.42 Å². The van der Waals surface area contributed by atoms with Gasteiger partial charge in [-0.15, -0.1) is 0 Å². The van der Waals surface area contributed by atoms with Crippen molar-refractivity contribution in [2.24, 2.45) is 11.3 Å². The Balaban J connectivity index is 2.40. The molecule has 0 aromatic heterocycles. The van der Waals surface area contributed by atoms with Gasteiger partial charge in [-0.25, -0.2) is 0 Å². The molecule has 2 rings (SSSR count). The van der Waals surface area contributed by atoms with Crippen LogP contribution >= 0.6 is 19.8 Å². The zero-order valence-electron chi connectivity index (χ0n) is 8.08. The molecule has 0 aromatic rings. The molecule has 11 heavy (non-hydrogen) atoms. The van der Waals surface area contributed by atoms with Gasteiger partial charge in [-0.1, -0.05) is 0 Å². The molecule has 0 N–H and O–H groups in total. The van der Waals surface area contributed by atoms with Crippen molar-refractivity contribution < 1.29 is 0 Å². The van der Waals surface area contributed by atoms with Crippen LogP contribution in [-0.4, -0.2) is 12.8 Å². The van der Waals surface area contributed by atoms with Crippen LogP contribution in [0.3, 0.4) is 0 Å². The van der Waals surface area contributed by atoms with Crippen molar-refractivity contribution in [3.8, 4) is 0 Å². The van der Waals surface area contributed by atoms with Gasteiger partial charge >= 0.3 is 77.5 Å². The SMILES string of the molecule is CI1CC2CCC1(C)C2(C)C. The molecule has 1 saturated heterocycles. The second-order valence-corrected chi connectivity index (χ2v) is 11.5. The first-order chi connectivity index (χ1) is 4.98. The topological polar surface area (TPSA) is 0 Å². The average molecular weight is 266 g/mol. The molecular weight excluding hydrogens is 247 g/mol. The quantitative estimate of drug-likeness (QED) is 0.466. The third-order valence-corrected chi connectivity index (χ3v) is 12.8. The predicted molar refractivity (Wildman–Crippen MR) is 59.7 cm³/mol. The van der Waals surface area contributed by atoms with E-state index >= 15 is 0 Å². The molecule has 1 heterocycles. The van der Waals surface area contributed by atoms with E-state index in [2.05, 4.69) is 25.7 Å². The summed E-state index contributed by atoms with van der Waals surface area (Å²) < 4.78 is 2.47. The molecule has 1 aliphatic carbocycles. The summed E-state index contributed by atoms with van der Waals surface area (Å²) in [5, 5.41) is 0. The first-order valence-electron chi connectivity index (χ1n) is 4.54. The molecule has 2 fully saturated rings. The standard InChI is InChI=1S/C10H19I/c1-9(2)8-5-6-10(9,3)11(4)7-8/h8H,5-7H2,1-4H3. The molecule has 0 spiro atoms. The van der Waals surface area contributed by atoms with E-state index in [1.54, 1.807) is 10.8 Å². The van der Waals surface area contributed by atoms with E-state index in [1.807, 2.05) is 0 Å². The molecule has 0 radical (unpaired) electrons. The second kappa shape index (κ2) is 2.15. The number of hydrogen-bond acceptors (Lipinski definition) is 0. The van der Waals surface area contributed by atoms with Crippen LogP contribution in [0.5, 0.6) is 0 Å². The van der Waals surface area contributed by atoms with Gasteiger partial charge in [0.2, 0.25) is 0 Å². The minimum absolute atomic E-state index is 0.524. The normalized spacial score (nSPS) is 50.2. The molecule has 2 aliphatic rings. The summed E-state index contributed by atoms with van der Waals surface area (Å²) in [5.74, 6) is 1.10. The molecular formula is C10H19I. The van der Waals surface area contributed by atoms with Gasteiger partial charge in [0.15, 0.2) is 0 Å². The molecule has 2 atom stereocenters. The van der Waals surface area contributed by atoms with Crippen molar-refractivity contribution in [3.05, 3.63) is 0 Å². The van der Waals surface area contributed by atoms with E-state index in [9.17, 15) is 0 Å². The zero-order valence-corrected chi connectivity index (χ0v) is 10.2. The summed E-state index contributed by atoms with van der Waals surface area (Å²) in [6.07, 6.45) is 3.08. The van der Waals surface area contributed by atoms with E-state index in [0.29, 0.717) is 5.41 Å². The van der Waals surface area contributed by atoms with Crippen LogP contribution in [-0.2, 0) is 0 Å². The third kappa shape index (κ3) is 0.812. The number of fused-ring (bicyclic) bond motifs is 2. The first kappa shape index (κ1) is 8.33. The molecule has 1 saturated carbocycles. The fourth-order valence-electron chi connectivity index (χ4n) is 2.85. The molecule has 1 aliphatic heterocycles. The molecule has 0 nitrogen and oxygen atoms in total. The maximum atomic E-state index is 2.60. The van der Waals surface area contributed by atoms with Gasteiger partial charge in [0.1, 0.15) is 0 Å². The molecule has 0 amide bonds. The Labute approximate surface area is 77.5 Å². The molecule has 1 heteroatoms. The van der Waals surface area contributed by atoms with Crippen molar-refractivity contribution in [1.29, 1.82) is 0 Å². The Bertz CT molecular complexity index is 185. The summed E-state index contributed by atoms with van der Waals surface area (Å²) in [6.45, 7) is 7.61. The van der Waals surface area contributed by atoms with E-state index in [4.69, 9.17) is 0 Å². The summed E-state index contributed by atoms with van der Waals surface area (Å²) >= 11 is -0.524. The van der Waals surface area contributed by atoms with Gasteiger partial charge in [-0.3, -0.25) is 0 Å². The Morgan fingerprint density at radius 3 is 2.09 bits per heavy atom. The average Bonchev–Trinajstić information content (AvgIpc) is 2.20. The molecule has 66 valence electrons. The summed E-state index contributed by atoms with van der Waals surface area (Å²) in [7, 11) is 0. The van der Waals surface area contributed by atoms with E-state index < -0.39 is 19.8 Å². The Kier molecular flexibility index (Phi) is 1.63. The molecule has 2 unspecified atom stereocenters. The molecule has 0 aromatic carbocycles. The van der Waals surface area contributed by atoms with Gasteiger partial charge in [0, 0.05) is 0 Å². The Morgan fingerprint density at radius 1 is 1.27 bits per heavy atom. The van der Waals surface area contributed by atoms with Crippen LogP contribution in [0.2, 0.25) is 0 Å².